The van der Waals surface area contributed by atoms with Crippen molar-refractivity contribution >= 4 is 29.2 Å². The third-order valence-corrected chi connectivity index (χ3v) is 4.30. The highest BCUT2D eigenvalue weighted by Gasteiger charge is 2.23. The first kappa shape index (κ1) is 16.7. The van der Waals surface area contributed by atoms with Crippen molar-refractivity contribution in [3.8, 4) is 5.75 Å². The van der Waals surface area contributed by atoms with Gasteiger partial charge in [-0.15, -0.1) is 0 Å². The minimum atomic E-state index is -0.916. The zero-order valence-electron chi connectivity index (χ0n) is 12.3. The summed E-state index contributed by atoms with van der Waals surface area (Å²) >= 11 is 12.3. The number of rotatable bonds is 5. The van der Waals surface area contributed by atoms with Gasteiger partial charge in [-0.1, -0.05) is 41.4 Å². The van der Waals surface area contributed by atoms with Crippen LogP contribution < -0.4 is 4.74 Å². The lowest BCUT2D eigenvalue weighted by Crippen LogP contribution is -2.15. The molecular formula is C17H16Cl2O3. The van der Waals surface area contributed by atoms with Gasteiger partial charge in [-0.2, -0.15) is 0 Å². The van der Waals surface area contributed by atoms with Crippen molar-refractivity contribution in [2.75, 3.05) is 7.11 Å². The van der Waals surface area contributed by atoms with E-state index in [1.807, 2.05) is 13.0 Å². The van der Waals surface area contributed by atoms with Gasteiger partial charge in [0.15, 0.2) is 0 Å². The molecule has 2 rings (SSSR count). The predicted octanol–water partition coefficient (Wildman–Crippen LogP) is 4.72. The fourth-order valence-corrected chi connectivity index (χ4v) is 2.95. The molecule has 0 saturated heterocycles. The Kier molecular flexibility index (Phi) is 5.33. The van der Waals surface area contributed by atoms with Gasteiger partial charge in [-0.05, 0) is 48.2 Å². The van der Waals surface area contributed by atoms with Crippen molar-refractivity contribution in [1.82, 2.24) is 0 Å². The van der Waals surface area contributed by atoms with Crippen molar-refractivity contribution < 1.29 is 14.6 Å². The summed E-state index contributed by atoms with van der Waals surface area (Å²) in [4.78, 5) is 11.7. The maximum Gasteiger partial charge on any atom is 0.311 e. The van der Waals surface area contributed by atoms with Crippen LogP contribution in [0.4, 0.5) is 0 Å². The van der Waals surface area contributed by atoms with E-state index in [0.717, 1.165) is 11.3 Å². The molecule has 2 aromatic carbocycles. The highest BCUT2D eigenvalue weighted by atomic mass is 35.5. The molecule has 0 radical (unpaired) electrons. The van der Waals surface area contributed by atoms with Gasteiger partial charge in [-0.25, -0.2) is 0 Å². The smallest absolute Gasteiger partial charge is 0.311 e. The van der Waals surface area contributed by atoms with Crippen molar-refractivity contribution in [3.05, 3.63) is 63.1 Å². The molecule has 0 aliphatic carbocycles. The molecular weight excluding hydrogens is 323 g/mol. The Hall–Kier alpha value is -1.71. The number of carboxylic acids is 1. The Morgan fingerprint density at radius 2 is 1.86 bits per heavy atom. The molecule has 0 fully saturated rings. The van der Waals surface area contributed by atoms with Gasteiger partial charge >= 0.3 is 5.97 Å². The Labute approximate surface area is 139 Å². The minimum absolute atomic E-state index is 0.236. The maximum atomic E-state index is 11.7. The number of aryl methyl sites for hydroxylation is 1. The van der Waals surface area contributed by atoms with Gasteiger partial charge in [0.1, 0.15) is 5.75 Å². The van der Waals surface area contributed by atoms with Crippen molar-refractivity contribution in [2.45, 2.75) is 19.3 Å². The second-order valence-electron chi connectivity index (χ2n) is 5.02. The zero-order chi connectivity index (χ0) is 16.3. The maximum absolute atomic E-state index is 11.7. The first-order chi connectivity index (χ1) is 10.4. The van der Waals surface area contributed by atoms with Crippen LogP contribution in [0.5, 0.6) is 5.75 Å². The molecule has 2 aromatic rings. The molecule has 0 aliphatic rings. The van der Waals surface area contributed by atoms with E-state index in [0.29, 0.717) is 21.2 Å². The number of carbonyl (C=O) groups is 1. The molecule has 0 amide bonds. The van der Waals surface area contributed by atoms with E-state index in [9.17, 15) is 9.90 Å². The van der Waals surface area contributed by atoms with Crippen LogP contribution in [0.3, 0.4) is 0 Å². The predicted molar refractivity (Wildman–Crippen MR) is 88.3 cm³/mol. The summed E-state index contributed by atoms with van der Waals surface area (Å²) in [5.74, 6) is -0.911. The van der Waals surface area contributed by atoms with E-state index in [2.05, 4.69) is 0 Å². The summed E-state index contributed by atoms with van der Waals surface area (Å²) in [6.07, 6.45) is 0.236. The average Bonchev–Trinajstić information content (AvgIpc) is 2.46. The Morgan fingerprint density at radius 3 is 2.36 bits per heavy atom. The monoisotopic (exact) mass is 338 g/mol. The molecule has 0 aromatic heterocycles. The largest absolute Gasteiger partial charge is 0.496 e. The number of hydrogen-bond acceptors (Lipinski definition) is 2. The lowest BCUT2D eigenvalue weighted by atomic mass is 9.91. The number of aliphatic carboxylic acids is 1. The topological polar surface area (TPSA) is 46.5 Å². The molecule has 0 saturated carbocycles. The van der Waals surface area contributed by atoms with Crippen LogP contribution in [0.15, 0.2) is 36.4 Å². The fraction of sp³-hybridized carbons (Fsp3) is 0.235. The summed E-state index contributed by atoms with van der Waals surface area (Å²) in [7, 11) is 1.58. The minimum Gasteiger partial charge on any atom is -0.496 e. The highest BCUT2D eigenvalue weighted by molar-refractivity contribution is 6.36. The Bertz CT molecular complexity index is 678. The van der Waals surface area contributed by atoms with Gasteiger partial charge in [-0.3, -0.25) is 4.79 Å². The molecule has 116 valence electrons. The van der Waals surface area contributed by atoms with Gasteiger partial charge < -0.3 is 9.84 Å². The number of carboxylic acid groups (broad SMARTS) is 1. The summed E-state index contributed by atoms with van der Waals surface area (Å²) in [5, 5.41) is 10.5. The van der Waals surface area contributed by atoms with E-state index < -0.39 is 11.9 Å². The second kappa shape index (κ2) is 7.03. The van der Waals surface area contributed by atoms with Crippen LogP contribution in [-0.4, -0.2) is 18.2 Å². The van der Waals surface area contributed by atoms with Gasteiger partial charge in [0.05, 0.1) is 13.0 Å². The van der Waals surface area contributed by atoms with Gasteiger partial charge in [0.25, 0.3) is 0 Å². The second-order valence-corrected chi connectivity index (χ2v) is 5.84. The zero-order valence-corrected chi connectivity index (χ0v) is 13.8. The number of hydrogen-bond donors (Lipinski definition) is 1. The highest BCUT2D eigenvalue weighted by Crippen LogP contribution is 2.32. The third kappa shape index (κ3) is 3.54. The summed E-state index contributed by atoms with van der Waals surface area (Å²) < 4.78 is 5.21. The number of halogens is 2. The first-order valence-electron chi connectivity index (χ1n) is 6.74. The Balaban J connectivity index is 2.39. The van der Waals surface area contributed by atoms with Crippen LogP contribution in [0.2, 0.25) is 10.0 Å². The summed E-state index contributed by atoms with van der Waals surface area (Å²) in [5.41, 5.74) is 2.23. The van der Waals surface area contributed by atoms with Crippen LogP contribution in [0, 0.1) is 6.92 Å². The molecule has 0 heterocycles. The van der Waals surface area contributed by atoms with Crippen molar-refractivity contribution in [2.24, 2.45) is 0 Å². The standard InChI is InChI=1S/C17H16Cl2O3/c1-10-8-11(6-7-16(10)22-2)12(17(20)21)9-13-14(18)4-3-5-15(13)19/h3-8,12H,9H2,1-2H3,(H,20,21). The van der Waals surface area contributed by atoms with Crippen LogP contribution in [0.25, 0.3) is 0 Å². The number of methoxy groups -OCH3 is 1. The van der Waals surface area contributed by atoms with E-state index in [1.165, 1.54) is 0 Å². The molecule has 0 bridgehead atoms. The van der Waals surface area contributed by atoms with E-state index in [1.54, 1.807) is 37.4 Å². The third-order valence-electron chi connectivity index (χ3n) is 3.59. The Morgan fingerprint density at radius 1 is 1.23 bits per heavy atom. The average molecular weight is 339 g/mol. The number of ether oxygens (including phenoxy) is 1. The van der Waals surface area contributed by atoms with Crippen LogP contribution in [0.1, 0.15) is 22.6 Å². The first-order valence-corrected chi connectivity index (χ1v) is 7.50. The van der Waals surface area contributed by atoms with Crippen molar-refractivity contribution in [3.63, 3.8) is 0 Å². The van der Waals surface area contributed by atoms with E-state index in [4.69, 9.17) is 27.9 Å². The van der Waals surface area contributed by atoms with E-state index in [-0.39, 0.29) is 6.42 Å². The summed E-state index contributed by atoms with van der Waals surface area (Å²) in [6, 6.07) is 10.5. The molecule has 22 heavy (non-hydrogen) atoms. The molecule has 0 spiro atoms. The molecule has 3 nitrogen and oxygen atoms in total. The lowest BCUT2D eigenvalue weighted by molar-refractivity contribution is -0.138. The van der Waals surface area contributed by atoms with Gasteiger partial charge in [0, 0.05) is 10.0 Å². The van der Waals surface area contributed by atoms with E-state index >= 15 is 0 Å². The lowest BCUT2D eigenvalue weighted by Gasteiger charge is -2.16. The fourth-order valence-electron chi connectivity index (χ4n) is 2.40. The molecule has 1 N–H and O–H groups in total. The molecule has 1 unspecified atom stereocenters. The molecule has 5 heteroatoms. The normalized spacial score (nSPS) is 12.0. The van der Waals surface area contributed by atoms with Crippen molar-refractivity contribution in [1.29, 1.82) is 0 Å². The number of benzene rings is 2. The molecule has 1 atom stereocenters. The summed E-state index contributed by atoms with van der Waals surface area (Å²) in [6.45, 7) is 1.88. The van der Waals surface area contributed by atoms with Crippen LogP contribution in [-0.2, 0) is 11.2 Å². The van der Waals surface area contributed by atoms with Gasteiger partial charge in [0.2, 0.25) is 0 Å². The van der Waals surface area contributed by atoms with Crippen LogP contribution >= 0.6 is 23.2 Å². The SMILES string of the molecule is COc1ccc(C(Cc2c(Cl)cccc2Cl)C(=O)O)cc1C. The quantitative estimate of drug-likeness (QED) is 0.857. The molecule has 0 aliphatic heterocycles.